The van der Waals surface area contributed by atoms with Crippen molar-refractivity contribution in [2.75, 3.05) is 13.2 Å². The van der Waals surface area contributed by atoms with Crippen LogP contribution < -0.4 is 5.32 Å². The summed E-state index contributed by atoms with van der Waals surface area (Å²) in [7, 11) is 0. The molecule has 0 fully saturated rings. The zero-order chi connectivity index (χ0) is 12.2. The van der Waals surface area contributed by atoms with Crippen LogP contribution in [-0.2, 0) is 4.74 Å². The van der Waals surface area contributed by atoms with Crippen LogP contribution in [0.2, 0.25) is 0 Å². The molecule has 0 aromatic heterocycles. The zero-order valence-corrected chi connectivity index (χ0v) is 11.7. The first-order valence-corrected chi connectivity index (χ1v) is 7.05. The van der Waals surface area contributed by atoms with E-state index >= 15 is 0 Å². The molecule has 2 atom stereocenters. The Hall–Kier alpha value is -0.0800. The summed E-state index contributed by atoms with van der Waals surface area (Å²) in [4.78, 5) is 0. The highest BCUT2D eigenvalue weighted by Crippen LogP contribution is 2.01. The summed E-state index contributed by atoms with van der Waals surface area (Å²) >= 11 is 0. The molecule has 0 saturated carbocycles. The van der Waals surface area contributed by atoms with Crippen molar-refractivity contribution < 1.29 is 4.74 Å². The van der Waals surface area contributed by atoms with E-state index in [0.29, 0.717) is 12.1 Å². The van der Waals surface area contributed by atoms with Crippen molar-refractivity contribution in [3.05, 3.63) is 0 Å². The largest absolute Gasteiger partial charge is 0.377 e. The average molecular weight is 229 g/mol. The fourth-order valence-electron chi connectivity index (χ4n) is 1.77. The van der Waals surface area contributed by atoms with Gasteiger partial charge >= 0.3 is 0 Å². The molecule has 0 amide bonds. The third kappa shape index (κ3) is 10.4. The highest BCUT2D eigenvalue weighted by atomic mass is 16.5. The molecular weight excluding hydrogens is 198 g/mol. The molecule has 0 aliphatic rings. The van der Waals surface area contributed by atoms with Crippen LogP contribution in [0.1, 0.15) is 66.2 Å². The van der Waals surface area contributed by atoms with Crippen molar-refractivity contribution in [1.82, 2.24) is 5.32 Å². The summed E-state index contributed by atoms with van der Waals surface area (Å²) in [5.74, 6) is 0. The number of hydrogen-bond acceptors (Lipinski definition) is 2. The Balaban J connectivity index is 3.27. The topological polar surface area (TPSA) is 21.3 Å². The Morgan fingerprint density at radius 2 is 1.75 bits per heavy atom. The lowest BCUT2D eigenvalue weighted by atomic mass is 10.2. The maximum Gasteiger partial charge on any atom is 0.0671 e. The van der Waals surface area contributed by atoms with Gasteiger partial charge in [-0.1, -0.05) is 39.5 Å². The standard InChI is InChI=1S/C14H31NO/c1-5-7-8-9-11-16-14(4)12-15-13(3)10-6-2/h13-15H,5-12H2,1-4H3. The molecule has 0 aliphatic heterocycles. The van der Waals surface area contributed by atoms with Crippen LogP contribution in [0.3, 0.4) is 0 Å². The predicted octanol–water partition coefficient (Wildman–Crippen LogP) is 3.75. The minimum atomic E-state index is 0.348. The van der Waals surface area contributed by atoms with Gasteiger partial charge in [-0.3, -0.25) is 0 Å². The molecule has 98 valence electrons. The van der Waals surface area contributed by atoms with Crippen molar-refractivity contribution in [3.63, 3.8) is 0 Å². The van der Waals surface area contributed by atoms with E-state index < -0.39 is 0 Å². The molecule has 0 aliphatic carbocycles. The van der Waals surface area contributed by atoms with Gasteiger partial charge in [0.1, 0.15) is 0 Å². The van der Waals surface area contributed by atoms with Gasteiger partial charge in [0.2, 0.25) is 0 Å². The summed E-state index contributed by atoms with van der Waals surface area (Å²) in [5, 5.41) is 3.51. The van der Waals surface area contributed by atoms with Crippen LogP contribution in [0.25, 0.3) is 0 Å². The Bertz CT molecular complexity index is 139. The molecule has 0 aromatic carbocycles. The monoisotopic (exact) mass is 229 g/mol. The smallest absolute Gasteiger partial charge is 0.0671 e. The number of nitrogens with one attached hydrogen (secondary N) is 1. The van der Waals surface area contributed by atoms with Crippen molar-refractivity contribution in [3.8, 4) is 0 Å². The van der Waals surface area contributed by atoms with Crippen LogP contribution in [0.15, 0.2) is 0 Å². The predicted molar refractivity (Wildman–Crippen MR) is 71.9 cm³/mol. The molecule has 0 saturated heterocycles. The Labute approximate surface area is 102 Å². The van der Waals surface area contributed by atoms with Crippen LogP contribution in [0, 0.1) is 0 Å². The van der Waals surface area contributed by atoms with Gasteiger partial charge in [0.05, 0.1) is 6.10 Å². The quantitative estimate of drug-likeness (QED) is 0.545. The Morgan fingerprint density at radius 1 is 1.00 bits per heavy atom. The van der Waals surface area contributed by atoms with E-state index in [2.05, 4.69) is 33.0 Å². The van der Waals surface area contributed by atoms with Gasteiger partial charge in [-0.2, -0.15) is 0 Å². The van der Waals surface area contributed by atoms with E-state index in [-0.39, 0.29) is 0 Å². The second-order valence-electron chi connectivity index (χ2n) is 4.84. The summed E-state index contributed by atoms with van der Waals surface area (Å²) in [6.45, 7) is 10.8. The molecule has 0 bridgehead atoms. The summed E-state index contributed by atoms with van der Waals surface area (Å²) < 4.78 is 5.75. The lowest BCUT2D eigenvalue weighted by molar-refractivity contribution is 0.0613. The van der Waals surface area contributed by atoms with Gasteiger partial charge in [0, 0.05) is 19.2 Å². The van der Waals surface area contributed by atoms with Gasteiger partial charge in [-0.15, -0.1) is 0 Å². The zero-order valence-electron chi connectivity index (χ0n) is 11.7. The molecule has 0 heterocycles. The van der Waals surface area contributed by atoms with Gasteiger partial charge in [-0.25, -0.2) is 0 Å². The van der Waals surface area contributed by atoms with Crippen molar-refractivity contribution in [1.29, 1.82) is 0 Å². The highest BCUT2D eigenvalue weighted by Gasteiger charge is 2.04. The van der Waals surface area contributed by atoms with Crippen molar-refractivity contribution in [2.45, 2.75) is 78.4 Å². The lowest BCUT2D eigenvalue weighted by Gasteiger charge is -2.17. The molecule has 2 unspecified atom stereocenters. The van der Waals surface area contributed by atoms with Crippen molar-refractivity contribution in [2.24, 2.45) is 0 Å². The number of hydrogen-bond donors (Lipinski definition) is 1. The number of rotatable bonds is 11. The fraction of sp³-hybridized carbons (Fsp3) is 1.00. The van der Waals surface area contributed by atoms with Crippen LogP contribution in [0.4, 0.5) is 0 Å². The summed E-state index contributed by atoms with van der Waals surface area (Å²) in [5.41, 5.74) is 0. The molecule has 2 nitrogen and oxygen atoms in total. The van der Waals surface area contributed by atoms with E-state index in [9.17, 15) is 0 Å². The first-order valence-electron chi connectivity index (χ1n) is 7.05. The molecular formula is C14H31NO. The minimum Gasteiger partial charge on any atom is -0.377 e. The van der Waals surface area contributed by atoms with E-state index in [1.54, 1.807) is 0 Å². The third-order valence-electron chi connectivity index (χ3n) is 2.88. The molecule has 0 spiro atoms. The van der Waals surface area contributed by atoms with Crippen LogP contribution >= 0.6 is 0 Å². The van der Waals surface area contributed by atoms with Crippen LogP contribution in [0.5, 0.6) is 0 Å². The molecule has 0 rings (SSSR count). The van der Waals surface area contributed by atoms with Gasteiger partial charge in [0.15, 0.2) is 0 Å². The van der Waals surface area contributed by atoms with E-state index in [0.717, 1.165) is 13.2 Å². The maximum atomic E-state index is 5.75. The van der Waals surface area contributed by atoms with Gasteiger partial charge in [0.25, 0.3) is 0 Å². The van der Waals surface area contributed by atoms with E-state index in [4.69, 9.17) is 4.74 Å². The van der Waals surface area contributed by atoms with E-state index in [1.165, 1.54) is 38.5 Å². The lowest BCUT2D eigenvalue weighted by Crippen LogP contribution is -2.33. The molecule has 0 aromatic rings. The number of unbranched alkanes of at least 4 members (excludes halogenated alkanes) is 3. The molecule has 2 heteroatoms. The Morgan fingerprint density at radius 3 is 2.38 bits per heavy atom. The third-order valence-corrected chi connectivity index (χ3v) is 2.88. The van der Waals surface area contributed by atoms with Gasteiger partial charge < -0.3 is 10.1 Å². The normalized spacial score (nSPS) is 15.0. The Kier molecular flexibility index (Phi) is 11.3. The second kappa shape index (κ2) is 11.4. The van der Waals surface area contributed by atoms with Crippen LogP contribution in [-0.4, -0.2) is 25.3 Å². The number of ether oxygens (including phenoxy) is 1. The highest BCUT2D eigenvalue weighted by molar-refractivity contribution is 4.62. The summed E-state index contributed by atoms with van der Waals surface area (Å²) in [6.07, 6.45) is 8.01. The first kappa shape index (κ1) is 15.9. The SMILES string of the molecule is CCCCCCOC(C)CNC(C)CCC. The minimum absolute atomic E-state index is 0.348. The van der Waals surface area contributed by atoms with E-state index in [1.807, 2.05) is 0 Å². The maximum absolute atomic E-state index is 5.75. The molecule has 1 N–H and O–H groups in total. The second-order valence-corrected chi connectivity index (χ2v) is 4.84. The van der Waals surface area contributed by atoms with Crippen molar-refractivity contribution >= 4 is 0 Å². The van der Waals surface area contributed by atoms with Gasteiger partial charge in [-0.05, 0) is 26.7 Å². The molecule has 0 radical (unpaired) electrons. The first-order chi connectivity index (χ1) is 7.70. The molecule has 16 heavy (non-hydrogen) atoms. The fourth-order valence-corrected chi connectivity index (χ4v) is 1.77. The summed E-state index contributed by atoms with van der Waals surface area (Å²) in [6, 6.07) is 0.621. The average Bonchev–Trinajstić information content (AvgIpc) is 2.26.